The zero-order valence-corrected chi connectivity index (χ0v) is 38.9. The molecule has 6 aliphatic heterocycles. The SMILES string of the molecule is CC(=O)N[C@H]1[C@H](O[C@H]2[C@@H](O)[C@@H](CO)O[C@H](O[C@@H]3[C@@H](O)[C@H](O[C@H]4[C@H](O)[C@@H](O)[C@H](O)O[C@@H]4CO)O[C@H](CO)[C@@H]3O[C@@H]3O[C@H](CO)[C@H](O)[C@H](O)[C@H]3NC(C)=O)[C@@H]2O)O[C@H](CO)[C@@H](O[C@@H]2O[C@H](CO)[C@H](O)[C@H](O)[C@H]2O)[C@@H]1O. The molecule has 0 radical (unpaired) electrons. The van der Waals surface area contributed by atoms with Gasteiger partial charge in [0.2, 0.25) is 11.8 Å². The lowest BCUT2D eigenvalue weighted by Gasteiger charge is -2.51. The fraction of sp³-hybridized carbons (Fsp3) is 0.950. The van der Waals surface area contributed by atoms with Crippen LogP contribution >= 0.6 is 0 Å². The third-order valence-corrected chi connectivity index (χ3v) is 13.2. The van der Waals surface area contributed by atoms with E-state index < -0.39 is 236 Å². The van der Waals surface area contributed by atoms with Crippen molar-refractivity contribution >= 4 is 11.8 Å². The number of amides is 2. The minimum Gasteiger partial charge on any atom is -0.394 e. The summed E-state index contributed by atoms with van der Waals surface area (Å²) in [6.45, 7) is -3.96. The van der Waals surface area contributed by atoms with Gasteiger partial charge in [-0.2, -0.15) is 0 Å². The van der Waals surface area contributed by atoms with E-state index in [1.54, 1.807) is 0 Å². The summed E-state index contributed by atoms with van der Waals surface area (Å²) in [4.78, 5) is 24.8. The van der Waals surface area contributed by atoms with Crippen molar-refractivity contribution in [2.75, 3.05) is 39.6 Å². The van der Waals surface area contributed by atoms with Crippen LogP contribution in [0.1, 0.15) is 13.8 Å². The molecule has 424 valence electrons. The Morgan fingerprint density at radius 1 is 0.329 bits per heavy atom. The van der Waals surface area contributed by atoms with Gasteiger partial charge in [0.15, 0.2) is 37.7 Å². The van der Waals surface area contributed by atoms with Crippen LogP contribution in [0.4, 0.5) is 0 Å². The summed E-state index contributed by atoms with van der Waals surface area (Å²) in [6.07, 6.45) is -54.4. The molecule has 2 amide bonds. The third-order valence-electron chi connectivity index (χ3n) is 13.2. The van der Waals surface area contributed by atoms with Crippen molar-refractivity contribution in [3.05, 3.63) is 0 Å². The predicted molar refractivity (Wildman–Crippen MR) is 222 cm³/mol. The normalized spacial score (nSPS) is 49.8. The molecule has 0 bridgehead atoms. The van der Waals surface area contributed by atoms with Gasteiger partial charge in [0, 0.05) is 13.8 Å². The van der Waals surface area contributed by atoms with E-state index in [0.29, 0.717) is 0 Å². The summed E-state index contributed by atoms with van der Waals surface area (Å²) in [5.41, 5.74) is 0. The summed E-state index contributed by atoms with van der Waals surface area (Å²) < 4.78 is 63.3. The van der Waals surface area contributed by atoms with E-state index in [1.165, 1.54) is 0 Å². The maximum Gasteiger partial charge on any atom is 0.217 e. The predicted octanol–water partition coefficient (Wildman–Crippen LogP) is -13.8. The lowest BCUT2D eigenvalue weighted by atomic mass is 9.94. The highest BCUT2D eigenvalue weighted by molar-refractivity contribution is 5.73. The van der Waals surface area contributed by atoms with Crippen LogP contribution < -0.4 is 10.6 Å². The Labute approximate surface area is 413 Å². The Bertz CT molecular complexity index is 1750. The maximum atomic E-state index is 12.5. The lowest BCUT2D eigenvalue weighted by molar-refractivity contribution is -0.400. The molecule has 6 rings (SSSR count). The first kappa shape index (κ1) is 60.0. The van der Waals surface area contributed by atoms with E-state index in [1.807, 2.05) is 0 Å². The second-order valence-electron chi connectivity index (χ2n) is 18.2. The first-order chi connectivity index (χ1) is 34.5. The van der Waals surface area contributed by atoms with Gasteiger partial charge in [0.1, 0.15) is 146 Å². The highest BCUT2D eigenvalue weighted by atomic mass is 16.8. The Morgan fingerprint density at radius 3 is 1.18 bits per heavy atom. The molecule has 0 aromatic heterocycles. The fourth-order valence-electron chi connectivity index (χ4n) is 9.32. The number of nitrogens with one attached hydrogen (secondary N) is 2. The minimum atomic E-state index is -2.33. The standard InChI is InChI=1S/C40H68N2O31/c1-9(49)41-17-22(54)19(51)11(3-43)64-36(17)71-32-16(8-48)68-40(70-31-14(6-46)63-35(62)26(58)25(31)57)29(61)34(32)73-39-28(60)33(21(53)13(5-45)66-39)72-37-18(42-10(2)50)23(55)30(15(7-47)67-37)69-38-27(59)24(56)20(52)12(4-44)65-38/h11-40,43-48,51-62H,3-8H2,1-2H3,(H,41,49)(H,42,50)/t11-,12-,13-,14-,15-,16-,17-,18-,19+,20+,21+,22-,23-,24+,25-,26-,27-,28-,29-,30-,31-,32+,33+,34-,35-,36+,37+,38+,39-,40+/m1/s1. The van der Waals surface area contributed by atoms with Gasteiger partial charge in [-0.3, -0.25) is 9.59 Å². The molecule has 6 fully saturated rings. The maximum absolute atomic E-state index is 12.5. The number of rotatable bonds is 18. The molecule has 33 nitrogen and oxygen atoms in total. The highest BCUT2D eigenvalue weighted by Crippen LogP contribution is 2.38. The number of hydrogen-bond acceptors (Lipinski definition) is 31. The van der Waals surface area contributed by atoms with Crippen molar-refractivity contribution in [1.29, 1.82) is 0 Å². The number of ether oxygens (including phenoxy) is 11. The molecule has 30 atom stereocenters. The first-order valence-electron chi connectivity index (χ1n) is 23.1. The molecule has 73 heavy (non-hydrogen) atoms. The van der Waals surface area contributed by atoms with Crippen LogP contribution in [0.15, 0.2) is 0 Å². The van der Waals surface area contributed by atoms with E-state index in [2.05, 4.69) is 10.6 Å². The Hall–Kier alpha value is -2.22. The molecular formula is C40H68N2O31. The van der Waals surface area contributed by atoms with E-state index in [-0.39, 0.29) is 0 Å². The van der Waals surface area contributed by atoms with Crippen LogP contribution in [-0.2, 0) is 61.7 Å². The van der Waals surface area contributed by atoms with E-state index in [0.717, 1.165) is 13.8 Å². The number of hydrogen-bond donors (Lipinski definition) is 20. The second kappa shape index (κ2) is 26.0. The van der Waals surface area contributed by atoms with Crippen LogP contribution in [-0.4, -0.2) is 327 Å². The van der Waals surface area contributed by atoms with Crippen molar-refractivity contribution in [2.24, 2.45) is 0 Å². The monoisotopic (exact) mass is 1070 g/mol. The molecule has 0 aliphatic carbocycles. The molecule has 0 saturated carbocycles. The van der Waals surface area contributed by atoms with Crippen molar-refractivity contribution in [3.63, 3.8) is 0 Å². The fourth-order valence-corrected chi connectivity index (χ4v) is 9.32. The van der Waals surface area contributed by atoms with Crippen molar-refractivity contribution in [3.8, 4) is 0 Å². The summed E-state index contributed by atoms with van der Waals surface area (Å²) in [7, 11) is 0. The number of carbonyl (C=O) groups excluding carboxylic acids is 2. The Balaban J connectivity index is 1.32. The largest absolute Gasteiger partial charge is 0.394 e. The quantitative estimate of drug-likeness (QED) is 0.0606. The van der Waals surface area contributed by atoms with Crippen LogP contribution in [0.5, 0.6) is 0 Å². The van der Waals surface area contributed by atoms with Gasteiger partial charge >= 0.3 is 0 Å². The van der Waals surface area contributed by atoms with E-state index >= 15 is 0 Å². The van der Waals surface area contributed by atoms with Crippen LogP contribution in [0, 0.1) is 0 Å². The number of aliphatic hydroxyl groups is 18. The molecule has 33 heteroatoms. The zero-order valence-electron chi connectivity index (χ0n) is 38.9. The molecular weight excluding hydrogens is 1000 g/mol. The van der Waals surface area contributed by atoms with Gasteiger partial charge in [-0.15, -0.1) is 0 Å². The van der Waals surface area contributed by atoms with Gasteiger partial charge in [0.25, 0.3) is 0 Å². The van der Waals surface area contributed by atoms with Gasteiger partial charge in [-0.05, 0) is 0 Å². The minimum absolute atomic E-state index is 0.800. The average molecular weight is 1070 g/mol. The smallest absolute Gasteiger partial charge is 0.217 e. The van der Waals surface area contributed by atoms with E-state index in [4.69, 9.17) is 52.1 Å². The molecule has 6 aliphatic rings. The molecule has 0 unspecified atom stereocenters. The van der Waals surface area contributed by atoms with Gasteiger partial charge in [-0.1, -0.05) is 0 Å². The summed E-state index contributed by atoms with van der Waals surface area (Å²) in [6, 6.07) is -3.46. The molecule has 0 spiro atoms. The first-order valence-corrected chi connectivity index (χ1v) is 23.1. The van der Waals surface area contributed by atoms with E-state index in [9.17, 15) is 102 Å². The van der Waals surface area contributed by atoms with Crippen LogP contribution in [0.3, 0.4) is 0 Å². The summed E-state index contributed by atoms with van der Waals surface area (Å²) >= 11 is 0. The molecule has 6 saturated heterocycles. The summed E-state index contributed by atoms with van der Waals surface area (Å²) in [5.74, 6) is -1.66. The molecule has 6 heterocycles. The van der Waals surface area contributed by atoms with Crippen LogP contribution in [0.2, 0.25) is 0 Å². The summed E-state index contributed by atoms with van der Waals surface area (Å²) in [5, 5.41) is 197. The zero-order chi connectivity index (χ0) is 53.9. The van der Waals surface area contributed by atoms with Gasteiger partial charge in [-0.25, -0.2) is 0 Å². The third kappa shape index (κ3) is 12.9. The Morgan fingerprint density at radius 2 is 0.671 bits per heavy atom. The average Bonchev–Trinajstić information content (AvgIpc) is 3.36. The topological polar surface area (TPSA) is 524 Å². The van der Waals surface area contributed by atoms with Crippen LogP contribution in [0.25, 0.3) is 0 Å². The van der Waals surface area contributed by atoms with Crippen molar-refractivity contribution < 1.29 is 154 Å². The molecule has 0 aromatic carbocycles. The molecule has 20 N–H and O–H groups in total. The van der Waals surface area contributed by atoms with Gasteiger partial charge in [0.05, 0.1) is 39.6 Å². The van der Waals surface area contributed by atoms with Crippen molar-refractivity contribution in [1.82, 2.24) is 10.6 Å². The lowest BCUT2D eigenvalue weighted by Crippen LogP contribution is -2.70. The highest BCUT2D eigenvalue weighted by Gasteiger charge is 2.59. The molecule has 0 aromatic rings. The number of carbonyl (C=O) groups is 2. The Kier molecular flexibility index (Phi) is 21.3. The van der Waals surface area contributed by atoms with Gasteiger partial charge < -0.3 is 155 Å². The number of aliphatic hydroxyl groups excluding tert-OH is 18. The van der Waals surface area contributed by atoms with Crippen molar-refractivity contribution in [2.45, 2.75) is 198 Å². The second-order valence-corrected chi connectivity index (χ2v) is 18.2.